The van der Waals surface area contributed by atoms with Crippen LogP contribution in [0.1, 0.15) is 25.0 Å². The average molecular weight is 280 g/mol. The molecule has 0 aliphatic rings. The highest BCUT2D eigenvalue weighted by Gasteiger charge is 2.04. The normalized spacial score (nSPS) is 11.4. The summed E-state index contributed by atoms with van der Waals surface area (Å²) in [6, 6.07) is 17.2. The van der Waals surface area contributed by atoms with Crippen molar-refractivity contribution in [2.24, 2.45) is 0 Å². The molecule has 0 radical (unpaired) electrons. The van der Waals surface area contributed by atoms with E-state index in [2.05, 4.69) is 59.8 Å². The predicted octanol–water partition coefficient (Wildman–Crippen LogP) is 2.98. The van der Waals surface area contributed by atoms with Crippen LogP contribution in [0.3, 0.4) is 0 Å². The van der Waals surface area contributed by atoms with Gasteiger partial charge in [0.15, 0.2) is 0 Å². The van der Waals surface area contributed by atoms with E-state index < -0.39 is 0 Å². The van der Waals surface area contributed by atoms with Gasteiger partial charge >= 0.3 is 0 Å². The summed E-state index contributed by atoms with van der Waals surface area (Å²) in [6.45, 7) is 5.97. The maximum Gasteiger partial charge on any atom is 0.113 e. The minimum atomic E-state index is 0.506. The van der Waals surface area contributed by atoms with Crippen LogP contribution in [0.5, 0.6) is 0 Å². The molecule has 1 aromatic heterocycles. The number of fused-ring (bicyclic) bond motifs is 1. The number of hydrogen-bond donors (Lipinski definition) is 1. The Bertz CT molecular complexity index is 713. The summed E-state index contributed by atoms with van der Waals surface area (Å²) >= 11 is 0. The summed E-state index contributed by atoms with van der Waals surface area (Å²) in [4.78, 5) is 0. The molecule has 1 N–H and O–H groups in total. The lowest BCUT2D eigenvalue weighted by atomic mass is 10.1. The van der Waals surface area contributed by atoms with Crippen molar-refractivity contribution in [2.75, 3.05) is 0 Å². The van der Waals surface area contributed by atoms with E-state index in [0.29, 0.717) is 6.04 Å². The van der Waals surface area contributed by atoms with Gasteiger partial charge in [-0.3, -0.25) is 0 Å². The summed E-state index contributed by atoms with van der Waals surface area (Å²) in [5, 5.41) is 11.8. The van der Waals surface area contributed by atoms with E-state index >= 15 is 0 Å². The zero-order chi connectivity index (χ0) is 14.7. The van der Waals surface area contributed by atoms with Crippen molar-refractivity contribution in [1.82, 2.24) is 20.3 Å². The molecular formula is C17H20N4. The Morgan fingerprint density at radius 1 is 1.00 bits per heavy atom. The fourth-order valence-corrected chi connectivity index (χ4v) is 2.29. The smallest absolute Gasteiger partial charge is 0.113 e. The Labute approximate surface area is 124 Å². The molecule has 21 heavy (non-hydrogen) atoms. The summed E-state index contributed by atoms with van der Waals surface area (Å²) in [7, 11) is 0. The second kappa shape index (κ2) is 6.06. The summed E-state index contributed by atoms with van der Waals surface area (Å²) in [5.41, 5.74) is 4.55. The highest BCUT2D eigenvalue weighted by molar-refractivity contribution is 5.73. The Hall–Kier alpha value is -2.20. The second-order valence-corrected chi connectivity index (χ2v) is 5.59. The molecule has 0 atom stereocenters. The molecule has 4 heteroatoms. The monoisotopic (exact) mass is 280 g/mol. The van der Waals surface area contributed by atoms with Crippen molar-refractivity contribution >= 4 is 11.0 Å². The van der Waals surface area contributed by atoms with Gasteiger partial charge in [0.1, 0.15) is 5.52 Å². The van der Waals surface area contributed by atoms with Gasteiger partial charge < -0.3 is 5.32 Å². The molecule has 1 heterocycles. The van der Waals surface area contributed by atoms with Crippen molar-refractivity contribution in [3.8, 4) is 0 Å². The van der Waals surface area contributed by atoms with Gasteiger partial charge in [0.25, 0.3) is 0 Å². The average Bonchev–Trinajstić information content (AvgIpc) is 2.90. The third kappa shape index (κ3) is 3.28. The molecule has 3 rings (SSSR count). The van der Waals surface area contributed by atoms with Crippen LogP contribution in [0, 0.1) is 0 Å². The number of aromatic nitrogens is 3. The molecule has 0 fully saturated rings. The molecule has 0 bridgehead atoms. The minimum Gasteiger partial charge on any atom is -0.310 e. The van der Waals surface area contributed by atoms with E-state index in [1.54, 1.807) is 0 Å². The molecule has 0 saturated carbocycles. The molecule has 0 amide bonds. The van der Waals surface area contributed by atoms with E-state index in [-0.39, 0.29) is 0 Å². The molecule has 0 unspecified atom stereocenters. The minimum absolute atomic E-state index is 0.506. The van der Waals surface area contributed by atoms with E-state index in [1.807, 2.05) is 22.9 Å². The Morgan fingerprint density at radius 2 is 1.71 bits per heavy atom. The maximum atomic E-state index is 4.23. The zero-order valence-electron chi connectivity index (χ0n) is 12.5. The topological polar surface area (TPSA) is 42.7 Å². The molecule has 0 spiro atoms. The Kier molecular flexibility index (Phi) is 3.97. The first kappa shape index (κ1) is 13.8. The summed E-state index contributed by atoms with van der Waals surface area (Å²) < 4.78 is 1.94. The van der Waals surface area contributed by atoms with Gasteiger partial charge in [0, 0.05) is 12.6 Å². The van der Waals surface area contributed by atoms with Crippen LogP contribution in [-0.2, 0) is 13.1 Å². The highest BCUT2D eigenvalue weighted by Crippen LogP contribution is 2.12. The lowest BCUT2D eigenvalue weighted by molar-refractivity contribution is 0.588. The summed E-state index contributed by atoms with van der Waals surface area (Å²) in [5.74, 6) is 0. The first-order valence-corrected chi connectivity index (χ1v) is 7.32. The molecule has 108 valence electrons. The number of benzene rings is 2. The quantitative estimate of drug-likeness (QED) is 0.781. The van der Waals surface area contributed by atoms with E-state index in [1.165, 1.54) is 11.1 Å². The van der Waals surface area contributed by atoms with Gasteiger partial charge in [0.2, 0.25) is 0 Å². The van der Waals surface area contributed by atoms with Crippen LogP contribution in [0.15, 0.2) is 48.5 Å². The van der Waals surface area contributed by atoms with Crippen molar-refractivity contribution < 1.29 is 0 Å². The van der Waals surface area contributed by atoms with Crippen LogP contribution in [0.2, 0.25) is 0 Å². The van der Waals surface area contributed by atoms with Crippen LogP contribution in [-0.4, -0.2) is 21.0 Å². The molecule has 3 aromatic rings. The SMILES string of the molecule is CC(C)NCc1ccc(Cn2nnc3ccccc32)cc1. The van der Waals surface area contributed by atoms with Gasteiger partial charge in [-0.25, -0.2) is 4.68 Å². The molecule has 0 aliphatic carbocycles. The van der Waals surface area contributed by atoms with Crippen molar-refractivity contribution in [3.05, 3.63) is 59.7 Å². The largest absolute Gasteiger partial charge is 0.310 e. The molecular weight excluding hydrogens is 260 g/mol. The highest BCUT2D eigenvalue weighted by atomic mass is 15.4. The molecule has 0 saturated heterocycles. The zero-order valence-corrected chi connectivity index (χ0v) is 12.5. The number of nitrogens with zero attached hydrogens (tertiary/aromatic N) is 3. The van der Waals surface area contributed by atoms with Gasteiger partial charge in [-0.05, 0) is 23.3 Å². The summed E-state index contributed by atoms with van der Waals surface area (Å²) in [6.07, 6.45) is 0. The third-order valence-corrected chi connectivity index (χ3v) is 3.49. The van der Waals surface area contributed by atoms with Gasteiger partial charge in [-0.2, -0.15) is 0 Å². The third-order valence-electron chi connectivity index (χ3n) is 3.49. The van der Waals surface area contributed by atoms with Gasteiger partial charge in [0.05, 0.1) is 12.1 Å². The Morgan fingerprint density at radius 3 is 2.48 bits per heavy atom. The second-order valence-electron chi connectivity index (χ2n) is 5.59. The van der Waals surface area contributed by atoms with Crippen molar-refractivity contribution in [3.63, 3.8) is 0 Å². The van der Waals surface area contributed by atoms with E-state index in [4.69, 9.17) is 0 Å². The van der Waals surface area contributed by atoms with Crippen LogP contribution < -0.4 is 5.32 Å². The lowest BCUT2D eigenvalue weighted by Crippen LogP contribution is -2.21. The lowest BCUT2D eigenvalue weighted by Gasteiger charge is -2.09. The number of hydrogen-bond acceptors (Lipinski definition) is 3. The number of nitrogens with one attached hydrogen (secondary N) is 1. The standard InChI is InChI=1S/C17H20N4/c1-13(2)18-11-14-7-9-15(10-8-14)12-21-17-6-4-3-5-16(17)19-20-21/h3-10,13,18H,11-12H2,1-2H3. The fraction of sp³-hybridized carbons (Fsp3) is 0.294. The molecule has 2 aromatic carbocycles. The van der Waals surface area contributed by atoms with Crippen LogP contribution in [0.25, 0.3) is 11.0 Å². The molecule has 0 aliphatic heterocycles. The van der Waals surface area contributed by atoms with Gasteiger partial charge in [-0.15, -0.1) is 5.10 Å². The van der Waals surface area contributed by atoms with Crippen molar-refractivity contribution in [2.45, 2.75) is 33.0 Å². The van der Waals surface area contributed by atoms with E-state index in [9.17, 15) is 0 Å². The molecule has 4 nitrogen and oxygen atoms in total. The van der Waals surface area contributed by atoms with Crippen LogP contribution in [0.4, 0.5) is 0 Å². The van der Waals surface area contributed by atoms with Gasteiger partial charge in [-0.1, -0.05) is 55.5 Å². The first-order valence-electron chi connectivity index (χ1n) is 7.32. The maximum absolute atomic E-state index is 4.23. The van der Waals surface area contributed by atoms with Crippen LogP contribution >= 0.6 is 0 Å². The number of para-hydroxylation sites is 1. The Balaban J connectivity index is 1.73. The number of rotatable bonds is 5. The van der Waals surface area contributed by atoms with E-state index in [0.717, 1.165) is 24.1 Å². The predicted molar refractivity (Wildman–Crippen MR) is 85.0 cm³/mol. The first-order chi connectivity index (χ1) is 10.2. The van der Waals surface area contributed by atoms with Crippen molar-refractivity contribution in [1.29, 1.82) is 0 Å². The fourth-order valence-electron chi connectivity index (χ4n) is 2.29.